The molecule has 1 heterocycles. The van der Waals surface area contributed by atoms with Gasteiger partial charge in [0.25, 0.3) is 0 Å². The zero-order valence-corrected chi connectivity index (χ0v) is 8.37. The van der Waals surface area contributed by atoms with Gasteiger partial charge < -0.3 is 4.74 Å². The molecule has 1 aliphatic heterocycles. The first-order valence-electron chi connectivity index (χ1n) is 3.33. The summed E-state index contributed by atoms with van der Waals surface area (Å²) in [6.45, 7) is 2.25. The largest absolute Gasteiger partial charge is 0.462 e. The summed E-state index contributed by atoms with van der Waals surface area (Å²) in [5, 5.41) is 0. The van der Waals surface area contributed by atoms with E-state index >= 15 is 0 Å². The van der Waals surface area contributed by atoms with Gasteiger partial charge in [-0.2, -0.15) is 0 Å². The van der Waals surface area contributed by atoms with Crippen molar-refractivity contribution in [2.75, 3.05) is 6.61 Å². The second-order valence-corrected chi connectivity index (χ2v) is 4.04. The van der Waals surface area contributed by atoms with E-state index in [-0.39, 0.29) is 26.7 Å². The zero-order valence-electron chi connectivity index (χ0n) is 6.21. The molecule has 0 aromatic rings. The van der Waals surface area contributed by atoms with Crippen LogP contribution in [0.15, 0.2) is 21.8 Å². The highest BCUT2D eigenvalue weighted by Gasteiger charge is 2.06. The Morgan fingerprint density at radius 2 is 2.55 bits per heavy atom. The lowest BCUT2D eigenvalue weighted by Gasteiger charge is -2.01. The number of esters is 1. The van der Waals surface area contributed by atoms with Crippen molar-refractivity contribution >= 4 is 30.7 Å². The van der Waals surface area contributed by atoms with Gasteiger partial charge in [0, 0.05) is 0 Å². The molecule has 60 valence electrons. The molecule has 0 unspecified atom stereocenters. The van der Waals surface area contributed by atoms with E-state index in [0.717, 1.165) is 0 Å². The summed E-state index contributed by atoms with van der Waals surface area (Å²) in [4.78, 5) is 11.0. The van der Waals surface area contributed by atoms with Crippen molar-refractivity contribution in [2.24, 2.45) is 0 Å². The van der Waals surface area contributed by atoms with Crippen LogP contribution < -0.4 is 0 Å². The van der Waals surface area contributed by atoms with Crippen molar-refractivity contribution in [3.05, 3.63) is 21.8 Å². The molecule has 2 nitrogen and oxygen atoms in total. The second-order valence-electron chi connectivity index (χ2n) is 1.89. The summed E-state index contributed by atoms with van der Waals surface area (Å²) in [7, 11) is 0. The van der Waals surface area contributed by atoms with Crippen LogP contribution in [-0.2, 0) is 9.53 Å². The predicted octanol–water partition coefficient (Wildman–Crippen LogP) is 1.78. The second kappa shape index (κ2) is 4.43. The minimum atomic E-state index is -0.219. The number of carbonyl (C=O) groups is 1. The maximum absolute atomic E-state index is 11.0. The average Bonchev–Trinajstić information content (AvgIpc) is 2.07. The first-order valence-corrected chi connectivity index (χ1v) is 5.83. The summed E-state index contributed by atoms with van der Waals surface area (Å²) >= 11 is 0.0625. The van der Waals surface area contributed by atoms with E-state index in [4.69, 9.17) is 4.74 Å². The summed E-state index contributed by atoms with van der Waals surface area (Å²) < 4.78 is 8.91. The molecule has 0 saturated carbocycles. The number of carbonyl (C=O) groups excluding carboxylic acids is 1. The molecular weight excluding hydrogens is 255 g/mol. The first kappa shape index (κ1) is 8.64. The molecule has 0 saturated heterocycles. The monoisotopic (exact) mass is 264 g/mol. The minimum absolute atomic E-state index is 0.0625. The van der Waals surface area contributed by atoms with Gasteiger partial charge in [0.1, 0.15) is 0 Å². The van der Waals surface area contributed by atoms with Gasteiger partial charge in [0.2, 0.25) is 0 Å². The molecule has 3 heteroatoms. The summed E-state index contributed by atoms with van der Waals surface area (Å²) in [5.74, 6) is -0.219. The van der Waals surface area contributed by atoms with Crippen LogP contribution in [0.4, 0.5) is 0 Å². The number of allylic oxidation sites excluding steroid dienone is 1. The van der Waals surface area contributed by atoms with Gasteiger partial charge >= 0.3 is 5.97 Å². The maximum Gasteiger partial charge on any atom is 0.338 e. The fraction of sp³-hybridized carbons (Fsp3) is 0.250. The lowest BCUT2D eigenvalue weighted by Crippen LogP contribution is -2.06. The fourth-order valence-electron chi connectivity index (χ4n) is 0.657. The van der Waals surface area contributed by atoms with E-state index in [0.29, 0.717) is 12.2 Å². The van der Waals surface area contributed by atoms with Crippen LogP contribution in [0, 0.1) is 0 Å². The van der Waals surface area contributed by atoms with Crippen molar-refractivity contribution < 1.29 is 9.53 Å². The fourth-order valence-corrected chi connectivity index (χ4v) is 2.09. The van der Waals surface area contributed by atoms with Crippen molar-refractivity contribution in [1.82, 2.24) is 0 Å². The van der Waals surface area contributed by atoms with Crippen molar-refractivity contribution in [3.8, 4) is 0 Å². The van der Waals surface area contributed by atoms with Gasteiger partial charge in [0.05, 0.1) is 12.2 Å². The molecule has 0 fully saturated rings. The number of rotatable bonds is 2. The Morgan fingerprint density at radius 3 is 3.09 bits per heavy atom. The molecule has 0 atom stereocenters. The van der Waals surface area contributed by atoms with Crippen LogP contribution in [0.5, 0.6) is 0 Å². The van der Waals surface area contributed by atoms with Gasteiger partial charge in [-0.25, -0.2) is 4.79 Å². The number of ether oxygens (including phenoxy) is 1. The molecule has 1 aliphatic rings. The van der Waals surface area contributed by atoms with Crippen LogP contribution >= 0.6 is 20.7 Å². The van der Waals surface area contributed by atoms with Crippen LogP contribution in [-0.4, -0.2) is 16.6 Å². The van der Waals surface area contributed by atoms with E-state index in [9.17, 15) is 4.79 Å². The summed E-state index contributed by atoms with van der Waals surface area (Å²) in [6.07, 6.45) is 3.68. The lowest BCUT2D eigenvalue weighted by atomic mass is 10.2. The molecule has 0 amide bonds. The quantitative estimate of drug-likeness (QED) is 0.561. The van der Waals surface area contributed by atoms with Crippen molar-refractivity contribution in [2.45, 2.75) is 6.92 Å². The number of hydrogen-bond acceptors (Lipinski definition) is 2. The van der Waals surface area contributed by atoms with E-state index in [1.54, 1.807) is 0 Å². The van der Waals surface area contributed by atoms with E-state index in [1.165, 1.54) is 0 Å². The molecule has 0 aliphatic carbocycles. The summed E-state index contributed by atoms with van der Waals surface area (Å²) in [5.41, 5.74) is 0.665. The Labute approximate surface area is 75.7 Å². The standard InChI is InChI=1S/C8H9IO2/c1-2-11-8(10)7-3-5-9-6-4-7/h3-6H,2H2,1H3. The molecule has 0 N–H and O–H groups in total. The van der Waals surface area contributed by atoms with Crippen molar-refractivity contribution in [3.63, 3.8) is 0 Å². The Morgan fingerprint density at radius 1 is 1.73 bits per heavy atom. The third-order valence-electron chi connectivity index (χ3n) is 1.14. The smallest absolute Gasteiger partial charge is 0.338 e. The maximum atomic E-state index is 11.0. The number of halogens is 1. The van der Waals surface area contributed by atoms with E-state index < -0.39 is 0 Å². The van der Waals surface area contributed by atoms with Crippen LogP contribution in [0.25, 0.3) is 0 Å². The van der Waals surface area contributed by atoms with E-state index in [2.05, 4.69) is 0 Å². The van der Waals surface area contributed by atoms with Crippen molar-refractivity contribution in [1.29, 1.82) is 0 Å². The third-order valence-corrected chi connectivity index (χ3v) is 2.69. The molecule has 0 bridgehead atoms. The third kappa shape index (κ3) is 2.57. The van der Waals surface area contributed by atoms with Gasteiger partial charge in [-0.3, -0.25) is 0 Å². The molecule has 11 heavy (non-hydrogen) atoms. The lowest BCUT2D eigenvalue weighted by molar-refractivity contribution is -0.138. The van der Waals surface area contributed by atoms with Gasteiger partial charge in [-0.05, 0) is 27.2 Å². The Balaban J connectivity index is 2.61. The SMILES string of the molecule is CCOC(=O)C1=CC=IC=C1. The summed E-state index contributed by atoms with van der Waals surface area (Å²) in [6, 6.07) is 0. The first-order chi connectivity index (χ1) is 5.34. The van der Waals surface area contributed by atoms with Gasteiger partial charge in [-0.15, -0.1) is 0 Å². The number of hydrogen-bond donors (Lipinski definition) is 0. The Kier molecular flexibility index (Phi) is 3.48. The predicted molar refractivity (Wildman–Crippen MR) is 53.9 cm³/mol. The molecule has 0 aromatic heterocycles. The molecule has 0 spiro atoms. The highest BCUT2D eigenvalue weighted by molar-refractivity contribution is 14.2. The van der Waals surface area contributed by atoms with Crippen LogP contribution in [0.1, 0.15) is 6.92 Å². The molecule has 1 rings (SSSR count). The normalized spacial score (nSPS) is 15.2. The minimum Gasteiger partial charge on any atom is -0.462 e. The topological polar surface area (TPSA) is 26.3 Å². The molecular formula is C8H9IO2. The Hall–Kier alpha value is -0.450. The molecule has 0 aromatic carbocycles. The zero-order chi connectivity index (χ0) is 8.10. The van der Waals surface area contributed by atoms with Crippen LogP contribution in [0.2, 0.25) is 0 Å². The molecule has 0 radical (unpaired) electrons. The van der Waals surface area contributed by atoms with E-state index in [1.807, 2.05) is 27.2 Å². The highest BCUT2D eigenvalue weighted by atomic mass is 127. The van der Waals surface area contributed by atoms with Crippen LogP contribution in [0.3, 0.4) is 0 Å². The Bertz CT molecular complexity index is 238. The van der Waals surface area contributed by atoms with Gasteiger partial charge in [0.15, 0.2) is 0 Å². The highest BCUT2D eigenvalue weighted by Crippen LogP contribution is 2.10. The van der Waals surface area contributed by atoms with Gasteiger partial charge in [-0.1, -0.05) is 20.7 Å². The average molecular weight is 264 g/mol.